The Kier molecular flexibility index (Phi) is 9.77. The number of thioether (sulfide) groups is 1. The molecule has 6 heteroatoms. The van der Waals surface area contributed by atoms with Crippen LogP contribution in [0.1, 0.15) is 33.1 Å². The van der Waals surface area contributed by atoms with Crippen LogP contribution in [0.4, 0.5) is 0 Å². The topological polar surface area (TPSA) is 83.6 Å². The first-order valence-electron chi connectivity index (χ1n) is 6.33. The zero-order chi connectivity index (χ0) is 14.0. The Morgan fingerprint density at radius 3 is 2.39 bits per heavy atom. The van der Waals surface area contributed by atoms with Gasteiger partial charge in [-0.3, -0.25) is 9.59 Å². The molecule has 0 bridgehead atoms. The second kappa shape index (κ2) is 10.2. The highest BCUT2D eigenvalue weighted by Crippen LogP contribution is 2.12. The third kappa shape index (κ3) is 6.86. The molecule has 0 aliphatic heterocycles. The molecule has 0 aromatic heterocycles. The van der Waals surface area contributed by atoms with Crippen molar-refractivity contribution in [2.24, 2.45) is 5.73 Å². The van der Waals surface area contributed by atoms with Crippen LogP contribution in [0.25, 0.3) is 0 Å². The van der Waals surface area contributed by atoms with Gasteiger partial charge in [0.25, 0.3) is 0 Å². The highest BCUT2D eigenvalue weighted by molar-refractivity contribution is 7.99. The van der Waals surface area contributed by atoms with Crippen molar-refractivity contribution in [3.63, 3.8) is 0 Å². The van der Waals surface area contributed by atoms with E-state index in [0.29, 0.717) is 18.7 Å². The molecule has 2 amide bonds. The van der Waals surface area contributed by atoms with Crippen molar-refractivity contribution in [3.05, 3.63) is 0 Å². The third-order valence-electron chi connectivity index (χ3n) is 2.75. The molecule has 0 saturated heterocycles. The molecule has 0 aromatic carbocycles. The van der Waals surface area contributed by atoms with Crippen molar-refractivity contribution in [1.29, 1.82) is 0 Å². The standard InChI is InChI=1S/C12H24N2O3S/c1-3-10(4-2)14(6-7-15)12(17)5-8-18-9-11(13)16/h10,15H,3-9H2,1-2H3,(H2,13,16). The third-order valence-corrected chi connectivity index (χ3v) is 3.73. The molecule has 3 N–H and O–H groups in total. The fourth-order valence-corrected chi connectivity index (χ4v) is 2.49. The van der Waals surface area contributed by atoms with Crippen LogP contribution in [0.2, 0.25) is 0 Å². The van der Waals surface area contributed by atoms with Gasteiger partial charge in [-0.1, -0.05) is 13.8 Å². The lowest BCUT2D eigenvalue weighted by Crippen LogP contribution is -2.41. The first-order valence-corrected chi connectivity index (χ1v) is 7.48. The molecule has 0 fully saturated rings. The van der Waals surface area contributed by atoms with Gasteiger partial charge in [-0.05, 0) is 12.8 Å². The van der Waals surface area contributed by atoms with Crippen molar-refractivity contribution >= 4 is 23.6 Å². The van der Waals surface area contributed by atoms with Crippen LogP contribution in [0.5, 0.6) is 0 Å². The Hall–Kier alpha value is -0.750. The summed E-state index contributed by atoms with van der Waals surface area (Å²) in [7, 11) is 0. The molecule has 0 rings (SSSR count). The van der Waals surface area contributed by atoms with E-state index in [1.54, 1.807) is 4.90 Å². The number of rotatable bonds is 10. The molecule has 0 aliphatic rings. The Morgan fingerprint density at radius 2 is 1.94 bits per heavy atom. The molecular weight excluding hydrogens is 252 g/mol. The molecule has 0 aromatic rings. The predicted octanol–water partition coefficient (Wildman–Crippen LogP) is 0.605. The van der Waals surface area contributed by atoms with Crippen LogP contribution >= 0.6 is 11.8 Å². The maximum Gasteiger partial charge on any atom is 0.227 e. The minimum absolute atomic E-state index is 0.0172. The van der Waals surface area contributed by atoms with E-state index in [1.165, 1.54) is 11.8 Å². The molecule has 0 aliphatic carbocycles. The van der Waals surface area contributed by atoms with E-state index < -0.39 is 0 Å². The predicted molar refractivity (Wildman–Crippen MR) is 74.3 cm³/mol. The first kappa shape index (κ1) is 17.2. The van der Waals surface area contributed by atoms with E-state index in [1.807, 2.05) is 13.8 Å². The number of aliphatic hydroxyl groups excluding tert-OH is 1. The normalized spacial score (nSPS) is 10.7. The van der Waals surface area contributed by atoms with E-state index in [-0.39, 0.29) is 30.2 Å². The average molecular weight is 276 g/mol. The molecule has 106 valence electrons. The summed E-state index contributed by atoms with van der Waals surface area (Å²) in [6.07, 6.45) is 2.15. The number of hydrogen-bond donors (Lipinski definition) is 2. The molecule has 0 saturated carbocycles. The number of aliphatic hydroxyl groups is 1. The van der Waals surface area contributed by atoms with Gasteiger partial charge in [0.2, 0.25) is 11.8 Å². The zero-order valence-corrected chi connectivity index (χ0v) is 12.0. The highest BCUT2D eigenvalue weighted by Gasteiger charge is 2.19. The average Bonchev–Trinajstić information content (AvgIpc) is 2.34. The van der Waals surface area contributed by atoms with Gasteiger partial charge in [-0.2, -0.15) is 11.8 Å². The van der Waals surface area contributed by atoms with Gasteiger partial charge in [0.1, 0.15) is 0 Å². The van der Waals surface area contributed by atoms with E-state index in [2.05, 4.69) is 0 Å². The Bertz CT molecular complexity index is 258. The summed E-state index contributed by atoms with van der Waals surface area (Å²) in [6, 6.07) is 0.186. The summed E-state index contributed by atoms with van der Waals surface area (Å²) in [5.41, 5.74) is 5.02. The quantitative estimate of drug-likeness (QED) is 0.572. The smallest absolute Gasteiger partial charge is 0.227 e. The number of carbonyl (C=O) groups is 2. The lowest BCUT2D eigenvalue weighted by Gasteiger charge is -2.30. The second-order valence-corrected chi connectivity index (χ2v) is 5.16. The number of amides is 2. The van der Waals surface area contributed by atoms with Gasteiger partial charge < -0.3 is 15.7 Å². The van der Waals surface area contributed by atoms with E-state index >= 15 is 0 Å². The maximum atomic E-state index is 12.0. The van der Waals surface area contributed by atoms with Crippen LogP contribution in [0, 0.1) is 0 Å². The summed E-state index contributed by atoms with van der Waals surface area (Å²) in [6.45, 7) is 4.43. The van der Waals surface area contributed by atoms with Crippen molar-refractivity contribution < 1.29 is 14.7 Å². The van der Waals surface area contributed by atoms with Gasteiger partial charge in [-0.15, -0.1) is 0 Å². The fourth-order valence-electron chi connectivity index (χ4n) is 1.82. The molecule has 0 spiro atoms. The zero-order valence-electron chi connectivity index (χ0n) is 11.2. The van der Waals surface area contributed by atoms with E-state index in [0.717, 1.165) is 12.8 Å². The Labute approximate surface area is 113 Å². The van der Waals surface area contributed by atoms with Crippen LogP contribution in [0.15, 0.2) is 0 Å². The summed E-state index contributed by atoms with van der Waals surface area (Å²) in [4.78, 5) is 24.3. The number of carbonyl (C=O) groups excluding carboxylic acids is 2. The molecule has 0 heterocycles. The minimum atomic E-state index is -0.361. The van der Waals surface area contributed by atoms with Gasteiger partial charge in [-0.25, -0.2) is 0 Å². The van der Waals surface area contributed by atoms with Gasteiger partial charge in [0, 0.05) is 24.8 Å². The van der Waals surface area contributed by atoms with Crippen molar-refractivity contribution in [2.75, 3.05) is 24.7 Å². The van der Waals surface area contributed by atoms with Crippen LogP contribution in [-0.4, -0.2) is 52.5 Å². The SMILES string of the molecule is CCC(CC)N(CCO)C(=O)CCSCC(N)=O. The summed E-state index contributed by atoms with van der Waals surface area (Å²) < 4.78 is 0. The number of nitrogens with two attached hydrogens (primary N) is 1. The van der Waals surface area contributed by atoms with Crippen LogP contribution < -0.4 is 5.73 Å². The molecule has 0 unspecified atom stereocenters. The van der Waals surface area contributed by atoms with Crippen LogP contribution in [0.3, 0.4) is 0 Å². The van der Waals surface area contributed by atoms with Crippen molar-refractivity contribution in [3.8, 4) is 0 Å². The maximum absolute atomic E-state index is 12.0. The van der Waals surface area contributed by atoms with Gasteiger partial charge in [0.15, 0.2) is 0 Å². The number of primary amides is 1. The minimum Gasteiger partial charge on any atom is -0.395 e. The van der Waals surface area contributed by atoms with Crippen molar-refractivity contribution in [2.45, 2.75) is 39.2 Å². The second-order valence-electron chi connectivity index (χ2n) is 4.05. The Balaban J connectivity index is 4.17. The van der Waals surface area contributed by atoms with E-state index in [9.17, 15) is 9.59 Å². The van der Waals surface area contributed by atoms with E-state index in [4.69, 9.17) is 10.8 Å². The lowest BCUT2D eigenvalue weighted by atomic mass is 10.1. The molecule has 18 heavy (non-hydrogen) atoms. The van der Waals surface area contributed by atoms with Crippen molar-refractivity contribution in [1.82, 2.24) is 4.90 Å². The summed E-state index contributed by atoms with van der Waals surface area (Å²) >= 11 is 1.37. The monoisotopic (exact) mass is 276 g/mol. The molecular formula is C12H24N2O3S. The molecule has 0 atom stereocenters. The Morgan fingerprint density at radius 1 is 1.33 bits per heavy atom. The van der Waals surface area contributed by atoms with Gasteiger partial charge in [0.05, 0.1) is 12.4 Å². The summed E-state index contributed by atoms with van der Waals surface area (Å²) in [5, 5.41) is 9.01. The lowest BCUT2D eigenvalue weighted by molar-refractivity contribution is -0.133. The first-order chi connectivity index (χ1) is 8.56. The molecule has 5 nitrogen and oxygen atoms in total. The van der Waals surface area contributed by atoms with Crippen LogP contribution in [-0.2, 0) is 9.59 Å². The van der Waals surface area contributed by atoms with Gasteiger partial charge >= 0.3 is 0 Å². The fraction of sp³-hybridized carbons (Fsp3) is 0.833. The highest BCUT2D eigenvalue weighted by atomic mass is 32.2. The molecule has 0 radical (unpaired) electrons. The number of hydrogen-bond acceptors (Lipinski definition) is 4. The summed E-state index contributed by atoms with van der Waals surface area (Å²) in [5.74, 6) is 0.511. The number of nitrogens with zero attached hydrogens (tertiary/aromatic N) is 1. The largest absolute Gasteiger partial charge is 0.395 e.